The van der Waals surface area contributed by atoms with Gasteiger partial charge in [0.1, 0.15) is 0 Å². The quantitative estimate of drug-likeness (QED) is 0.456. The van der Waals surface area contributed by atoms with E-state index in [-0.39, 0.29) is 18.3 Å². The molecule has 7 heteroatoms. The van der Waals surface area contributed by atoms with Gasteiger partial charge in [-0.05, 0) is 37.5 Å². The van der Waals surface area contributed by atoms with Crippen molar-refractivity contribution in [1.82, 2.24) is 14.9 Å². The molecule has 6 nitrogen and oxygen atoms in total. The van der Waals surface area contributed by atoms with Gasteiger partial charge in [-0.2, -0.15) is 0 Å². The second kappa shape index (κ2) is 8.31. The van der Waals surface area contributed by atoms with Crippen molar-refractivity contribution in [2.45, 2.75) is 32.0 Å². The van der Waals surface area contributed by atoms with Gasteiger partial charge in [0.25, 0.3) is 5.91 Å². The van der Waals surface area contributed by atoms with Crippen LogP contribution >= 0.6 is 11.8 Å². The first-order valence-electron chi connectivity index (χ1n) is 8.46. The zero-order valence-electron chi connectivity index (χ0n) is 14.9. The number of rotatable bonds is 5. The van der Waals surface area contributed by atoms with E-state index in [0.29, 0.717) is 18.2 Å². The minimum Gasteiger partial charge on any atom is -0.455 e. The fraction of sp³-hybridized carbons (Fsp3) is 0.368. The molecule has 0 bridgehead atoms. The number of benzene rings is 1. The zero-order chi connectivity index (χ0) is 18.5. The second-order valence-corrected chi connectivity index (χ2v) is 7.16. The summed E-state index contributed by atoms with van der Waals surface area (Å²) in [6.45, 7) is 4.75. The van der Waals surface area contributed by atoms with Crippen molar-refractivity contribution in [3.05, 3.63) is 52.8 Å². The number of aryl methyl sites for hydroxylation is 2. The van der Waals surface area contributed by atoms with Gasteiger partial charge in [0, 0.05) is 24.5 Å². The molecule has 0 N–H and O–H groups in total. The van der Waals surface area contributed by atoms with E-state index in [4.69, 9.17) is 4.74 Å². The van der Waals surface area contributed by atoms with Crippen molar-refractivity contribution >= 4 is 23.6 Å². The van der Waals surface area contributed by atoms with Crippen LogP contribution in [0.2, 0.25) is 0 Å². The monoisotopic (exact) mass is 371 g/mol. The number of ether oxygens (including phenoxy) is 1. The van der Waals surface area contributed by atoms with Crippen molar-refractivity contribution in [2.75, 3.05) is 18.9 Å². The van der Waals surface area contributed by atoms with Gasteiger partial charge in [-0.1, -0.05) is 36.0 Å². The first-order chi connectivity index (χ1) is 12.5. The van der Waals surface area contributed by atoms with Gasteiger partial charge in [-0.3, -0.25) is 9.59 Å². The largest absolute Gasteiger partial charge is 0.455 e. The summed E-state index contributed by atoms with van der Waals surface area (Å²) >= 11 is 1.21. The number of carbonyl (C=O) groups excluding carboxylic acids is 2. The number of fused-ring (bicyclic) bond motifs is 1. The van der Waals surface area contributed by atoms with Gasteiger partial charge in [0.2, 0.25) is 0 Å². The van der Waals surface area contributed by atoms with E-state index in [1.165, 1.54) is 17.3 Å². The highest BCUT2D eigenvalue weighted by Gasteiger charge is 2.21. The van der Waals surface area contributed by atoms with Crippen molar-refractivity contribution in [3.8, 4) is 0 Å². The summed E-state index contributed by atoms with van der Waals surface area (Å²) in [5.74, 6) is -0.525. The molecular weight excluding hydrogens is 350 g/mol. The van der Waals surface area contributed by atoms with Crippen LogP contribution in [0.25, 0.3) is 0 Å². The summed E-state index contributed by atoms with van der Waals surface area (Å²) in [5, 5.41) is 0.540. The highest BCUT2D eigenvalue weighted by Crippen LogP contribution is 2.18. The minimum atomic E-state index is -0.441. The molecule has 2 aromatic rings. The summed E-state index contributed by atoms with van der Waals surface area (Å²) in [4.78, 5) is 34.5. The van der Waals surface area contributed by atoms with Crippen LogP contribution in [0, 0.1) is 13.8 Å². The molecule has 0 atom stereocenters. The molecule has 2 heterocycles. The Labute approximate surface area is 157 Å². The molecular formula is C19H21N3O3S. The summed E-state index contributed by atoms with van der Waals surface area (Å²) in [6.07, 6.45) is 0.829. The predicted octanol–water partition coefficient (Wildman–Crippen LogP) is 2.31. The van der Waals surface area contributed by atoms with Crippen LogP contribution in [0.5, 0.6) is 0 Å². The van der Waals surface area contributed by atoms with E-state index in [1.807, 2.05) is 38.1 Å². The number of amides is 1. The Hall–Kier alpha value is -2.41. The van der Waals surface area contributed by atoms with Gasteiger partial charge in [-0.25, -0.2) is 9.97 Å². The number of carbonyl (C=O) groups is 2. The molecule has 0 unspecified atom stereocenters. The Balaban J connectivity index is 1.45. The van der Waals surface area contributed by atoms with E-state index in [1.54, 1.807) is 4.90 Å². The summed E-state index contributed by atoms with van der Waals surface area (Å²) < 4.78 is 5.12. The highest BCUT2D eigenvalue weighted by atomic mass is 32.2. The van der Waals surface area contributed by atoms with Gasteiger partial charge in [-0.15, -0.1) is 0 Å². The molecule has 1 aliphatic rings. The zero-order valence-corrected chi connectivity index (χ0v) is 15.7. The normalized spacial score (nSPS) is 13.2. The van der Waals surface area contributed by atoms with Crippen LogP contribution < -0.4 is 0 Å². The molecule has 1 aromatic heterocycles. The molecule has 1 aromatic carbocycles. The number of nitrogens with zero attached hydrogens (tertiary/aromatic N) is 3. The summed E-state index contributed by atoms with van der Waals surface area (Å²) in [5.41, 5.74) is 4.14. The maximum absolute atomic E-state index is 12.3. The van der Waals surface area contributed by atoms with Crippen LogP contribution in [0.1, 0.15) is 22.5 Å². The molecule has 26 heavy (non-hydrogen) atoms. The standard InChI is InChI=1S/C19H21N3O3S/c1-13-9-14(2)21-19(20-13)26-12-18(24)25-11-17(23)22-8-7-15-5-3-4-6-16(15)10-22/h3-6,9H,7-8,10-12H2,1-2H3. The third-order valence-corrected chi connectivity index (χ3v) is 4.94. The molecule has 1 aliphatic heterocycles. The molecule has 0 spiro atoms. The fourth-order valence-electron chi connectivity index (χ4n) is 2.87. The third kappa shape index (κ3) is 4.82. The van der Waals surface area contributed by atoms with Crippen molar-refractivity contribution < 1.29 is 14.3 Å². The van der Waals surface area contributed by atoms with Gasteiger partial charge < -0.3 is 9.64 Å². The van der Waals surface area contributed by atoms with Crippen LogP contribution in [0.15, 0.2) is 35.5 Å². The number of thioether (sulfide) groups is 1. The van der Waals surface area contributed by atoms with E-state index in [0.717, 1.165) is 23.4 Å². The number of hydrogen-bond donors (Lipinski definition) is 0. The van der Waals surface area contributed by atoms with Crippen molar-refractivity contribution in [2.24, 2.45) is 0 Å². The van der Waals surface area contributed by atoms with E-state index in [9.17, 15) is 9.59 Å². The smallest absolute Gasteiger partial charge is 0.316 e. The molecule has 1 amide bonds. The Morgan fingerprint density at radius 1 is 1.15 bits per heavy atom. The minimum absolute atomic E-state index is 0.0823. The Bertz CT molecular complexity index is 805. The molecule has 3 rings (SSSR count). The first kappa shape index (κ1) is 18.4. The lowest BCUT2D eigenvalue weighted by molar-refractivity contribution is -0.150. The molecule has 136 valence electrons. The number of aromatic nitrogens is 2. The van der Waals surface area contributed by atoms with Gasteiger partial charge >= 0.3 is 5.97 Å². The van der Waals surface area contributed by atoms with Crippen molar-refractivity contribution in [1.29, 1.82) is 0 Å². The molecule has 0 aliphatic carbocycles. The lowest BCUT2D eigenvalue weighted by Gasteiger charge is -2.28. The van der Waals surface area contributed by atoms with E-state index < -0.39 is 5.97 Å². The van der Waals surface area contributed by atoms with E-state index >= 15 is 0 Å². The van der Waals surface area contributed by atoms with Crippen LogP contribution in [-0.2, 0) is 27.3 Å². The van der Waals surface area contributed by atoms with Crippen LogP contribution in [0.3, 0.4) is 0 Å². The molecule has 0 saturated heterocycles. The number of esters is 1. The summed E-state index contributed by atoms with van der Waals surface area (Å²) in [6, 6.07) is 9.97. The van der Waals surface area contributed by atoms with Gasteiger partial charge in [0.15, 0.2) is 11.8 Å². The van der Waals surface area contributed by atoms with E-state index in [2.05, 4.69) is 16.0 Å². The molecule has 0 fully saturated rings. The molecule has 0 saturated carbocycles. The topological polar surface area (TPSA) is 72.4 Å². The Morgan fingerprint density at radius 3 is 2.58 bits per heavy atom. The maximum atomic E-state index is 12.3. The lowest BCUT2D eigenvalue weighted by atomic mass is 10.00. The van der Waals surface area contributed by atoms with Crippen LogP contribution in [-0.4, -0.2) is 45.6 Å². The molecule has 0 radical (unpaired) electrons. The summed E-state index contributed by atoms with van der Waals surface area (Å²) in [7, 11) is 0. The average molecular weight is 371 g/mol. The van der Waals surface area contributed by atoms with Crippen LogP contribution in [0.4, 0.5) is 0 Å². The number of hydrogen-bond acceptors (Lipinski definition) is 6. The van der Waals surface area contributed by atoms with Crippen molar-refractivity contribution in [3.63, 3.8) is 0 Å². The highest BCUT2D eigenvalue weighted by molar-refractivity contribution is 7.99. The Kier molecular flexibility index (Phi) is 5.88. The maximum Gasteiger partial charge on any atom is 0.316 e. The fourth-order valence-corrected chi connectivity index (χ4v) is 3.61. The van der Waals surface area contributed by atoms with Gasteiger partial charge in [0.05, 0.1) is 5.75 Å². The lowest BCUT2D eigenvalue weighted by Crippen LogP contribution is -2.38. The Morgan fingerprint density at radius 2 is 1.85 bits per heavy atom. The first-order valence-corrected chi connectivity index (χ1v) is 9.45. The second-order valence-electron chi connectivity index (χ2n) is 6.22. The average Bonchev–Trinajstić information content (AvgIpc) is 2.63. The third-order valence-electron chi connectivity index (χ3n) is 4.12. The SMILES string of the molecule is Cc1cc(C)nc(SCC(=O)OCC(=O)N2CCc3ccccc3C2)n1. The predicted molar refractivity (Wildman–Crippen MR) is 98.8 cm³/mol.